The summed E-state index contributed by atoms with van der Waals surface area (Å²) in [5.41, 5.74) is 0. The van der Waals surface area contributed by atoms with E-state index in [0.29, 0.717) is 13.0 Å². The van der Waals surface area contributed by atoms with Crippen molar-refractivity contribution < 1.29 is 13.0 Å². The molecule has 0 rings (SSSR count). The van der Waals surface area contributed by atoms with Gasteiger partial charge >= 0.3 is 8.74 Å². The van der Waals surface area contributed by atoms with Crippen molar-refractivity contribution in [3.8, 4) is 0 Å². The van der Waals surface area contributed by atoms with Gasteiger partial charge in [0.05, 0.1) is 0 Å². The fraction of sp³-hybridized carbons (Fsp3) is 1.00. The van der Waals surface area contributed by atoms with E-state index in [2.05, 4.69) is 6.92 Å². The van der Waals surface area contributed by atoms with E-state index in [9.17, 15) is 8.22 Å². The van der Waals surface area contributed by atoms with E-state index >= 15 is 0 Å². The van der Waals surface area contributed by atoms with E-state index in [1.54, 1.807) is 6.92 Å². The van der Waals surface area contributed by atoms with Crippen molar-refractivity contribution in [3.63, 3.8) is 0 Å². The summed E-state index contributed by atoms with van der Waals surface area (Å²) >= 11 is 0. The first-order valence-corrected chi connectivity index (χ1v) is 7.25. The average molecular weight is 210 g/mol. The first-order chi connectivity index (χ1) is 6.12. The molecule has 0 unspecified atom stereocenters. The van der Waals surface area contributed by atoms with Gasteiger partial charge in [0.25, 0.3) is 0 Å². The molecule has 0 saturated carbocycles. The van der Waals surface area contributed by atoms with E-state index in [1.165, 1.54) is 0 Å². The molecule has 0 aromatic carbocycles. The summed E-state index contributed by atoms with van der Waals surface area (Å²) in [5, 5.41) is 0. The first-order valence-electron chi connectivity index (χ1n) is 5.08. The van der Waals surface area contributed by atoms with Gasteiger partial charge in [-0.1, -0.05) is 20.3 Å². The van der Waals surface area contributed by atoms with Crippen molar-refractivity contribution in [2.45, 2.75) is 45.2 Å². The van der Waals surface area contributed by atoms with Gasteiger partial charge in [0, 0.05) is 19.3 Å². The SMILES string of the molecule is CCCCOCCC[Si](F)(F)CC. The molecule has 0 atom stereocenters. The summed E-state index contributed by atoms with van der Waals surface area (Å²) in [6, 6.07) is 0.164. The lowest BCUT2D eigenvalue weighted by molar-refractivity contribution is 0.131. The van der Waals surface area contributed by atoms with Gasteiger partial charge in [-0.3, -0.25) is 8.22 Å². The predicted molar refractivity (Wildman–Crippen MR) is 53.6 cm³/mol. The van der Waals surface area contributed by atoms with Crippen LogP contribution in [-0.4, -0.2) is 22.0 Å². The van der Waals surface area contributed by atoms with Crippen LogP contribution in [0.15, 0.2) is 0 Å². The minimum Gasteiger partial charge on any atom is -0.381 e. The van der Waals surface area contributed by atoms with Crippen LogP contribution in [0.1, 0.15) is 33.1 Å². The minimum absolute atomic E-state index is 0.0714. The lowest BCUT2D eigenvalue weighted by atomic mass is 10.4. The lowest BCUT2D eigenvalue weighted by Crippen LogP contribution is -2.20. The second-order valence-corrected chi connectivity index (χ2v) is 6.20. The molecular weight excluding hydrogens is 190 g/mol. The maximum atomic E-state index is 12.8. The highest BCUT2D eigenvalue weighted by atomic mass is 28.4. The molecule has 80 valence electrons. The van der Waals surface area contributed by atoms with Crippen LogP contribution in [0.2, 0.25) is 12.1 Å². The molecule has 0 aliphatic carbocycles. The molecule has 0 aliphatic heterocycles. The highest BCUT2D eigenvalue weighted by Gasteiger charge is 2.31. The van der Waals surface area contributed by atoms with E-state index in [0.717, 1.165) is 19.4 Å². The maximum Gasteiger partial charge on any atom is 0.424 e. The van der Waals surface area contributed by atoms with Crippen molar-refractivity contribution in [2.75, 3.05) is 13.2 Å². The third-order valence-corrected chi connectivity index (χ3v) is 4.11. The van der Waals surface area contributed by atoms with Crippen LogP contribution in [0.4, 0.5) is 8.22 Å². The summed E-state index contributed by atoms with van der Waals surface area (Å²) in [5.74, 6) is 0. The monoisotopic (exact) mass is 210 g/mol. The molecular formula is C9H20F2OSi. The molecule has 0 bridgehead atoms. The molecule has 0 heterocycles. The maximum absolute atomic E-state index is 12.8. The van der Waals surface area contributed by atoms with E-state index in [4.69, 9.17) is 4.74 Å². The molecule has 1 nitrogen and oxygen atoms in total. The molecule has 4 heteroatoms. The standard InChI is InChI=1S/C9H20F2OSi/c1-3-5-7-12-8-6-9-13(10,11)4-2/h3-9H2,1-2H3. The quantitative estimate of drug-likeness (QED) is 0.338. The van der Waals surface area contributed by atoms with Crippen LogP contribution in [0.25, 0.3) is 0 Å². The summed E-state index contributed by atoms with van der Waals surface area (Å²) in [7, 11) is -3.83. The van der Waals surface area contributed by atoms with Gasteiger partial charge in [0.15, 0.2) is 0 Å². The van der Waals surface area contributed by atoms with Crippen LogP contribution >= 0.6 is 0 Å². The van der Waals surface area contributed by atoms with Crippen molar-refractivity contribution in [2.24, 2.45) is 0 Å². The zero-order valence-corrected chi connectivity index (χ0v) is 9.61. The zero-order chi connectivity index (χ0) is 10.2. The third kappa shape index (κ3) is 8.37. The van der Waals surface area contributed by atoms with E-state index < -0.39 is 8.74 Å². The fourth-order valence-corrected chi connectivity index (χ4v) is 1.97. The molecule has 0 spiro atoms. The third-order valence-electron chi connectivity index (χ3n) is 1.99. The van der Waals surface area contributed by atoms with Crippen LogP contribution in [0.5, 0.6) is 0 Å². The van der Waals surface area contributed by atoms with Gasteiger partial charge in [-0.2, -0.15) is 0 Å². The Kier molecular flexibility index (Phi) is 7.46. The molecule has 0 amide bonds. The first kappa shape index (κ1) is 13.0. The number of rotatable bonds is 8. The summed E-state index contributed by atoms with van der Waals surface area (Å²) < 4.78 is 30.8. The molecule has 0 saturated heterocycles. The van der Waals surface area contributed by atoms with Gasteiger partial charge in [-0.05, 0) is 18.9 Å². The zero-order valence-electron chi connectivity index (χ0n) is 8.61. The molecule has 0 radical (unpaired) electrons. The van der Waals surface area contributed by atoms with Crippen molar-refractivity contribution >= 4 is 8.74 Å². The number of unbranched alkanes of at least 4 members (excludes halogenated alkanes) is 1. The van der Waals surface area contributed by atoms with Crippen LogP contribution < -0.4 is 0 Å². The number of ether oxygens (including phenoxy) is 1. The van der Waals surface area contributed by atoms with Gasteiger partial charge in [-0.15, -0.1) is 0 Å². The highest BCUT2D eigenvalue weighted by Crippen LogP contribution is 2.20. The minimum atomic E-state index is -3.83. The molecule has 0 fully saturated rings. The van der Waals surface area contributed by atoms with E-state index in [-0.39, 0.29) is 12.1 Å². The summed E-state index contributed by atoms with van der Waals surface area (Å²) in [6.07, 6.45) is 2.65. The second kappa shape index (κ2) is 7.44. The molecule has 0 aromatic rings. The smallest absolute Gasteiger partial charge is 0.381 e. The largest absolute Gasteiger partial charge is 0.424 e. The average Bonchev–Trinajstić information content (AvgIpc) is 2.11. The van der Waals surface area contributed by atoms with Crippen molar-refractivity contribution in [1.82, 2.24) is 0 Å². The molecule has 0 aromatic heterocycles. The second-order valence-electron chi connectivity index (χ2n) is 3.28. The topological polar surface area (TPSA) is 9.23 Å². The van der Waals surface area contributed by atoms with Gasteiger partial charge in [-0.25, -0.2) is 0 Å². The highest BCUT2D eigenvalue weighted by molar-refractivity contribution is 6.65. The normalized spacial score (nSPS) is 12.0. The van der Waals surface area contributed by atoms with Crippen LogP contribution in [0, 0.1) is 0 Å². The van der Waals surface area contributed by atoms with Crippen molar-refractivity contribution in [3.05, 3.63) is 0 Å². The number of halogens is 2. The number of hydrogen-bond acceptors (Lipinski definition) is 1. The predicted octanol–water partition coefficient (Wildman–Crippen LogP) is 3.59. The summed E-state index contributed by atoms with van der Waals surface area (Å²) in [6.45, 7) is 4.88. The van der Waals surface area contributed by atoms with Crippen LogP contribution in [0.3, 0.4) is 0 Å². The van der Waals surface area contributed by atoms with Crippen molar-refractivity contribution in [1.29, 1.82) is 0 Å². The molecule has 13 heavy (non-hydrogen) atoms. The van der Waals surface area contributed by atoms with Gasteiger partial charge in [0.1, 0.15) is 0 Å². The lowest BCUT2D eigenvalue weighted by Gasteiger charge is -2.09. The Morgan fingerprint density at radius 1 is 1.08 bits per heavy atom. The Morgan fingerprint density at radius 2 is 1.69 bits per heavy atom. The van der Waals surface area contributed by atoms with Crippen LogP contribution in [-0.2, 0) is 4.74 Å². The van der Waals surface area contributed by atoms with Gasteiger partial charge in [0.2, 0.25) is 0 Å². The Bertz CT molecular complexity index is 120. The Hall–Kier alpha value is 0.0369. The Balaban J connectivity index is 3.16. The Morgan fingerprint density at radius 3 is 2.23 bits per heavy atom. The molecule has 0 N–H and O–H groups in total. The number of hydrogen-bond donors (Lipinski definition) is 0. The van der Waals surface area contributed by atoms with Gasteiger partial charge < -0.3 is 4.74 Å². The molecule has 0 aliphatic rings. The fourth-order valence-electron chi connectivity index (χ4n) is 0.958. The Labute approximate surface area is 80.8 Å². The van der Waals surface area contributed by atoms with E-state index in [1.807, 2.05) is 0 Å². The summed E-state index contributed by atoms with van der Waals surface area (Å²) in [4.78, 5) is 0.